The van der Waals surface area contributed by atoms with Crippen LogP contribution in [-0.2, 0) is 16.0 Å². The molecule has 0 fully saturated rings. The Labute approximate surface area is 144 Å². The first-order valence-corrected chi connectivity index (χ1v) is 8.85. The molecule has 0 bridgehead atoms. The average molecular weight is 322 g/mol. The Morgan fingerprint density at radius 1 is 1.12 bits per heavy atom. The Kier molecular flexibility index (Phi) is 4.75. The first-order chi connectivity index (χ1) is 11.5. The summed E-state index contributed by atoms with van der Waals surface area (Å²) >= 11 is 0. The summed E-state index contributed by atoms with van der Waals surface area (Å²) in [5.41, 5.74) is 3.27. The molecule has 2 unspecified atom stereocenters. The Morgan fingerprint density at radius 3 is 2.46 bits per heavy atom. The van der Waals surface area contributed by atoms with E-state index < -0.39 is 5.41 Å². The second-order valence-corrected chi connectivity index (χ2v) is 7.40. The Balaban J connectivity index is 1.65. The zero-order valence-corrected chi connectivity index (χ0v) is 14.8. The molecule has 1 aliphatic rings. The summed E-state index contributed by atoms with van der Waals surface area (Å²) in [6.45, 7) is 6.19. The van der Waals surface area contributed by atoms with Gasteiger partial charge in [0.25, 0.3) is 0 Å². The lowest BCUT2D eigenvalue weighted by molar-refractivity contribution is -0.162. The molecule has 0 aromatic heterocycles. The fourth-order valence-corrected chi connectivity index (χ4v) is 3.53. The number of hydrogen-bond donors (Lipinski definition) is 0. The monoisotopic (exact) mass is 322 g/mol. The molecule has 0 spiro atoms. The van der Waals surface area contributed by atoms with Crippen molar-refractivity contribution in [3.05, 3.63) is 71.3 Å². The van der Waals surface area contributed by atoms with Gasteiger partial charge in [0.2, 0.25) is 0 Å². The molecule has 1 aliphatic carbocycles. The van der Waals surface area contributed by atoms with Gasteiger partial charge in [0.15, 0.2) is 0 Å². The second-order valence-electron chi connectivity index (χ2n) is 7.40. The van der Waals surface area contributed by atoms with Crippen LogP contribution in [0.4, 0.5) is 0 Å². The molecule has 0 heterocycles. The van der Waals surface area contributed by atoms with E-state index in [9.17, 15) is 4.79 Å². The van der Waals surface area contributed by atoms with Gasteiger partial charge in [0.05, 0.1) is 5.41 Å². The molecule has 2 aromatic carbocycles. The summed E-state index contributed by atoms with van der Waals surface area (Å²) in [5.74, 6) is 0.291. The molecule has 0 radical (unpaired) electrons. The predicted octanol–water partition coefficient (Wildman–Crippen LogP) is 5.44. The third-order valence-corrected chi connectivity index (χ3v) is 5.13. The lowest BCUT2D eigenvalue weighted by atomic mass is 9.78. The number of benzene rings is 2. The normalized spacial score (nSPS) is 17.5. The highest BCUT2D eigenvalue weighted by Crippen LogP contribution is 2.40. The molecule has 2 atom stereocenters. The summed E-state index contributed by atoms with van der Waals surface area (Å²) in [5, 5.41) is 0. The minimum Gasteiger partial charge on any atom is -0.457 e. The van der Waals surface area contributed by atoms with E-state index in [1.54, 1.807) is 0 Å². The largest absolute Gasteiger partial charge is 0.457 e. The number of esters is 1. The topological polar surface area (TPSA) is 26.3 Å². The molecular weight excluding hydrogens is 296 g/mol. The van der Waals surface area contributed by atoms with Crippen LogP contribution < -0.4 is 0 Å². The minimum absolute atomic E-state index is 0.0650. The molecule has 126 valence electrons. The Bertz CT molecular complexity index is 703. The number of hydrogen-bond acceptors (Lipinski definition) is 2. The fraction of sp³-hybridized carbons (Fsp3) is 0.409. The van der Waals surface area contributed by atoms with Gasteiger partial charge >= 0.3 is 5.97 Å². The maximum absolute atomic E-state index is 12.7. The van der Waals surface area contributed by atoms with Crippen LogP contribution in [0.1, 0.15) is 62.3 Å². The van der Waals surface area contributed by atoms with Crippen molar-refractivity contribution in [2.75, 3.05) is 0 Å². The van der Waals surface area contributed by atoms with Crippen LogP contribution in [0.15, 0.2) is 54.6 Å². The van der Waals surface area contributed by atoms with Gasteiger partial charge in [-0.3, -0.25) is 4.79 Å². The van der Waals surface area contributed by atoms with Gasteiger partial charge in [-0.25, -0.2) is 0 Å². The fourth-order valence-electron chi connectivity index (χ4n) is 3.53. The van der Waals surface area contributed by atoms with Crippen LogP contribution in [0.25, 0.3) is 0 Å². The summed E-state index contributed by atoms with van der Waals surface area (Å²) in [6.07, 6.45) is 2.60. The number of ether oxygens (including phenoxy) is 1. The van der Waals surface area contributed by atoms with Gasteiger partial charge in [-0.15, -0.1) is 0 Å². The summed E-state index contributed by atoms with van der Waals surface area (Å²) in [7, 11) is 0. The summed E-state index contributed by atoms with van der Waals surface area (Å²) in [6, 6.07) is 18.7. The molecule has 2 nitrogen and oxygen atoms in total. The van der Waals surface area contributed by atoms with Crippen molar-refractivity contribution in [2.45, 2.75) is 52.1 Å². The SMILES string of the molecule is CCC(CC(C)(C)C(=O)OC1Cc2ccccc21)c1ccccc1. The van der Waals surface area contributed by atoms with Crippen LogP contribution in [0.2, 0.25) is 0 Å². The van der Waals surface area contributed by atoms with Crippen molar-refractivity contribution in [3.63, 3.8) is 0 Å². The van der Waals surface area contributed by atoms with E-state index in [0.717, 1.165) is 24.8 Å². The highest BCUT2D eigenvalue weighted by Gasteiger charge is 2.37. The van der Waals surface area contributed by atoms with E-state index in [-0.39, 0.29) is 12.1 Å². The molecule has 0 aliphatic heterocycles. The van der Waals surface area contributed by atoms with E-state index in [1.807, 2.05) is 32.0 Å². The molecule has 24 heavy (non-hydrogen) atoms. The standard InChI is InChI=1S/C22H26O2/c1-4-16(17-10-6-5-7-11-17)15-22(2,3)21(23)24-20-14-18-12-8-9-13-19(18)20/h5-13,16,20H,4,14-15H2,1-3H3. The zero-order chi connectivity index (χ0) is 17.2. The van der Waals surface area contributed by atoms with Crippen LogP contribution in [-0.4, -0.2) is 5.97 Å². The molecule has 0 saturated heterocycles. The number of fused-ring (bicyclic) bond motifs is 1. The van der Waals surface area contributed by atoms with E-state index in [0.29, 0.717) is 5.92 Å². The lowest BCUT2D eigenvalue weighted by Crippen LogP contribution is -2.32. The highest BCUT2D eigenvalue weighted by molar-refractivity contribution is 5.76. The third-order valence-electron chi connectivity index (χ3n) is 5.13. The molecule has 2 heteroatoms. The smallest absolute Gasteiger partial charge is 0.312 e. The van der Waals surface area contributed by atoms with E-state index in [2.05, 4.69) is 43.3 Å². The number of rotatable bonds is 6. The molecule has 0 saturated carbocycles. The van der Waals surface area contributed by atoms with Crippen molar-refractivity contribution in [3.8, 4) is 0 Å². The number of carbonyl (C=O) groups is 1. The highest BCUT2D eigenvalue weighted by atomic mass is 16.5. The van der Waals surface area contributed by atoms with Gasteiger partial charge in [-0.2, -0.15) is 0 Å². The first kappa shape index (κ1) is 16.8. The maximum Gasteiger partial charge on any atom is 0.312 e. The molecule has 2 aromatic rings. The van der Waals surface area contributed by atoms with Crippen LogP contribution in [0.5, 0.6) is 0 Å². The molecule has 0 N–H and O–H groups in total. The van der Waals surface area contributed by atoms with Gasteiger partial charge < -0.3 is 4.74 Å². The van der Waals surface area contributed by atoms with E-state index in [1.165, 1.54) is 11.1 Å². The van der Waals surface area contributed by atoms with Crippen molar-refractivity contribution < 1.29 is 9.53 Å². The van der Waals surface area contributed by atoms with Gasteiger partial charge in [0.1, 0.15) is 6.10 Å². The quantitative estimate of drug-likeness (QED) is 0.662. The van der Waals surface area contributed by atoms with Gasteiger partial charge in [-0.1, -0.05) is 61.5 Å². The zero-order valence-electron chi connectivity index (χ0n) is 14.8. The average Bonchev–Trinajstić information content (AvgIpc) is 2.58. The van der Waals surface area contributed by atoms with Crippen LogP contribution >= 0.6 is 0 Å². The predicted molar refractivity (Wildman–Crippen MR) is 96.9 cm³/mol. The van der Waals surface area contributed by atoms with E-state index in [4.69, 9.17) is 4.74 Å². The van der Waals surface area contributed by atoms with Crippen molar-refractivity contribution >= 4 is 5.97 Å². The second kappa shape index (κ2) is 6.80. The van der Waals surface area contributed by atoms with E-state index >= 15 is 0 Å². The molecule has 3 rings (SSSR count). The Hall–Kier alpha value is -2.09. The number of carbonyl (C=O) groups excluding carboxylic acids is 1. The van der Waals surface area contributed by atoms with Crippen molar-refractivity contribution in [1.29, 1.82) is 0 Å². The molecule has 0 amide bonds. The summed E-state index contributed by atoms with van der Waals surface area (Å²) in [4.78, 5) is 12.7. The molecular formula is C22H26O2. The Morgan fingerprint density at radius 2 is 1.79 bits per heavy atom. The minimum atomic E-state index is -0.485. The van der Waals surface area contributed by atoms with Crippen molar-refractivity contribution in [2.24, 2.45) is 5.41 Å². The first-order valence-electron chi connectivity index (χ1n) is 8.85. The summed E-state index contributed by atoms with van der Waals surface area (Å²) < 4.78 is 5.82. The van der Waals surface area contributed by atoms with Crippen LogP contribution in [0.3, 0.4) is 0 Å². The van der Waals surface area contributed by atoms with Gasteiger partial charge in [-0.05, 0) is 49.3 Å². The maximum atomic E-state index is 12.7. The lowest BCUT2D eigenvalue weighted by Gasteiger charge is -2.34. The third kappa shape index (κ3) is 3.38. The van der Waals surface area contributed by atoms with Crippen LogP contribution in [0, 0.1) is 5.41 Å². The van der Waals surface area contributed by atoms with Gasteiger partial charge in [0, 0.05) is 6.42 Å². The van der Waals surface area contributed by atoms with Crippen molar-refractivity contribution in [1.82, 2.24) is 0 Å².